The lowest BCUT2D eigenvalue weighted by Gasteiger charge is -2.64. The van der Waals surface area contributed by atoms with Crippen molar-refractivity contribution in [3.05, 3.63) is 89.8 Å². The summed E-state index contributed by atoms with van der Waals surface area (Å²) in [7, 11) is -2.62. The number of hydrogen-bond donors (Lipinski definition) is 2. The van der Waals surface area contributed by atoms with Gasteiger partial charge in [0.05, 0.1) is 46.9 Å². The molecule has 3 saturated carbocycles. The molecule has 3 aromatic heterocycles. The zero-order valence-electron chi connectivity index (χ0n) is 35.1. The van der Waals surface area contributed by atoms with Crippen molar-refractivity contribution in [2.75, 3.05) is 12.3 Å². The van der Waals surface area contributed by atoms with Gasteiger partial charge in [0.15, 0.2) is 8.32 Å². The van der Waals surface area contributed by atoms with Gasteiger partial charge in [-0.05, 0) is 104 Å². The molecule has 0 aromatic carbocycles. The van der Waals surface area contributed by atoms with E-state index in [1.807, 2.05) is 48.5 Å². The lowest BCUT2D eigenvalue weighted by atomic mass is 9.43. The van der Waals surface area contributed by atoms with E-state index in [1.165, 1.54) is 6.42 Å². The number of nitrogens with zero attached hydrogens (tertiary/aromatic N) is 4. The van der Waals surface area contributed by atoms with Gasteiger partial charge < -0.3 is 24.2 Å². The van der Waals surface area contributed by atoms with E-state index in [0.717, 1.165) is 23.5 Å². The van der Waals surface area contributed by atoms with Crippen LogP contribution in [0.25, 0.3) is 0 Å². The van der Waals surface area contributed by atoms with Gasteiger partial charge in [0.25, 0.3) is 5.91 Å². The Morgan fingerprint density at radius 3 is 2.18 bits per heavy atom. The summed E-state index contributed by atoms with van der Waals surface area (Å²) >= 11 is 1.72. The number of hydrogen-bond acceptors (Lipinski definition) is 10. The molecular weight excluding hydrogens is 753 g/mol. The van der Waals surface area contributed by atoms with Crippen LogP contribution in [0, 0.1) is 17.3 Å². The second kappa shape index (κ2) is 18.0. The number of aromatic nitrogens is 3. The highest BCUT2D eigenvalue weighted by Gasteiger charge is 2.68. The molecule has 57 heavy (non-hydrogen) atoms. The summed E-state index contributed by atoms with van der Waals surface area (Å²) in [5.74, 6) is 0.696. The maximum absolute atomic E-state index is 13.3. The fourth-order valence-electron chi connectivity index (χ4n) is 8.66. The molecule has 6 atom stereocenters. The first-order valence-corrected chi connectivity index (χ1v) is 24.5. The summed E-state index contributed by atoms with van der Waals surface area (Å²) in [6.45, 7) is 20.1. The summed E-state index contributed by atoms with van der Waals surface area (Å²) in [6.07, 6.45) is 8.29. The highest BCUT2D eigenvalue weighted by Crippen LogP contribution is 2.66. The van der Waals surface area contributed by atoms with Gasteiger partial charge in [-0.15, -0.1) is 0 Å². The molecule has 308 valence electrons. The number of carboxylic acid groups (broad SMARTS) is 1. The van der Waals surface area contributed by atoms with Crippen LogP contribution in [0.3, 0.4) is 0 Å². The predicted octanol–water partition coefficient (Wildman–Crippen LogP) is 7.82. The van der Waals surface area contributed by atoms with Gasteiger partial charge in [0.2, 0.25) is 0 Å². The van der Waals surface area contributed by atoms with Crippen LogP contribution in [0.5, 0.6) is 0 Å². The van der Waals surface area contributed by atoms with E-state index < -0.39 is 27.5 Å². The van der Waals surface area contributed by atoms with Gasteiger partial charge in [0.1, 0.15) is 0 Å². The third-order valence-corrected chi connectivity index (χ3v) is 19.0. The van der Waals surface area contributed by atoms with Crippen molar-refractivity contribution in [1.29, 1.82) is 0 Å². The molecule has 0 unspecified atom stereocenters. The minimum Gasteiger partial charge on any atom is -0.481 e. The summed E-state index contributed by atoms with van der Waals surface area (Å²) in [5, 5.41) is 12.8. The van der Waals surface area contributed by atoms with E-state index in [1.54, 1.807) is 30.4 Å². The number of carbonyl (C=O) groups is 2. The van der Waals surface area contributed by atoms with E-state index in [9.17, 15) is 14.7 Å². The monoisotopic (exact) mass is 815 g/mol. The first-order chi connectivity index (χ1) is 26.9. The molecule has 0 spiro atoms. The number of carbonyl (C=O) groups excluding carboxylic acids is 1. The van der Waals surface area contributed by atoms with Gasteiger partial charge >= 0.3 is 13.1 Å². The van der Waals surface area contributed by atoms with Gasteiger partial charge in [-0.3, -0.25) is 29.4 Å². The van der Waals surface area contributed by atoms with Crippen molar-refractivity contribution in [3.8, 4) is 0 Å². The molecule has 1 saturated heterocycles. The Hall–Kier alpha value is -3.14. The van der Waals surface area contributed by atoms with Crippen LogP contribution in [0.4, 0.5) is 0 Å². The topological polar surface area (TPSA) is 136 Å². The lowest BCUT2D eigenvalue weighted by molar-refractivity contribution is -0.199. The molecule has 2 N–H and O–H groups in total. The maximum Gasteiger partial charge on any atom is 0.471 e. The van der Waals surface area contributed by atoms with Crippen molar-refractivity contribution in [3.63, 3.8) is 0 Å². The van der Waals surface area contributed by atoms with Crippen LogP contribution >= 0.6 is 11.8 Å². The van der Waals surface area contributed by atoms with Gasteiger partial charge in [-0.25, -0.2) is 0 Å². The molecule has 3 aliphatic carbocycles. The van der Waals surface area contributed by atoms with Gasteiger partial charge in [-0.2, -0.15) is 11.8 Å². The fourth-order valence-corrected chi connectivity index (χ4v) is 11.2. The summed E-state index contributed by atoms with van der Waals surface area (Å²) < 4.78 is 20.3. The largest absolute Gasteiger partial charge is 0.481 e. The number of nitrogens with one attached hydrogen (secondary N) is 1. The summed E-state index contributed by atoms with van der Waals surface area (Å²) in [4.78, 5) is 41.2. The van der Waals surface area contributed by atoms with Crippen LogP contribution in [0.1, 0.15) is 101 Å². The Bertz CT molecular complexity index is 1760. The van der Waals surface area contributed by atoms with Crippen LogP contribution in [0.15, 0.2) is 67.1 Å². The molecule has 4 heterocycles. The number of aliphatic carboxylic acids is 1. The van der Waals surface area contributed by atoms with E-state index in [4.69, 9.17) is 13.7 Å². The molecule has 3 aromatic rings. The second-order valence-corrected chi connectivity index (χ2v) is 24.6. The quantitative estimate of drug-likeness (QED) is 0.0906. The highest BCUT2D eigenvalue weighted by atomic mass is 32.2. The predicted molar refractivity (Wildman–Crippen MR) is 228 cm³/mol. The Balaban J connectivity index is 1.07. The van der Waals surface area contributed by atoms with Gasteiger partial charge in [-0.1, -0.05) is 46.8 Å². The molecular formula is C43H62BN5O6SSi. The van der Waals surface area contributed by atoms with Crippen LogP contribution in [-0.4, -0.2) is 87.5 Å². The number of amides is 1. The van der Waals surface area contributed by atoms with E-state index in [-0.39, 0.29) is 39.6 Å². The highest BCUT2D eigenvalue weighted by molar-refractivity contribution is 8.01. The minimum atomic E-state index is -2.21. The molecule has 4 aliphatic rings. The van der Waals surface area contributed by atoms with Crippen molar-refractivity contribution in [2.24, 2.45) is 17.3 Å². The third-order valence-electron chi connectivity index (χ3n) is 13.1. The summed E-state index contributed by atoms with van der Waals surface area (Å²) in [5.41, 5.74) is 3.16. The molecule has 4 fully saturated rings. The van der Waals surface area contributed by atoms with Crippen molar-refractivity contribution < 1.29 is 28.4 Å². The molecule has 14 heteroatoms. The first-order valence-electron chi connectivity index (χ1n) is 20.5. The normalized spacial score (nSPS) is 23.7. The van der Waals surface area contributed by atoms with Crippen LogP contribution < -0.4 is 5.32 Å². The smallest absolute Gasteiger partial charge is 0.471 e. The second-order valence-electron chi connectivity index (χ2n) is 18.5. The fraction of sp³-hybridized carbons (Fsp3) is 0.605. The maximum atomic E-state index is 13.3. The standard InChI is InChI=1S/C43H62BN5O6SSi/c1-41(2,3)57(7,8)54-35(25-39(50)51)17-18-38(44-53-37-24-31-23-36(42(31,4)5)43(37,6)55-44)56-22-21-47-40(52)30-15-16-34(48-26-30)29-49(27-32-13-9-11-19-45-32)28-33-14-10-12-20-46-33/h9-16,19-20,26,31,35-38H,17-18,21-25,27-29H2,1-8H3,(H,47,52)(H,50,51)/t31-,35-,36-,37+,38-,43-/m0/s1. The van der Waals surface area contributed by atoms with Crippen LogP contribution in [0.2, 0.25) is 18.1 Å². The minimum absolute atomic E-state index is 0.0378. The molecule has 11 nitrogen and oxygen atoms in total. The van der Waals surface area contributed by atoms with Gasteiger partial charge in [0, 0.05) is 55.7 Å². The van der Waals surface area contributed by atoms with E-state index in [0.29, 0.717) is 62.2 Å². The van der Waals surface area contributed by atoms with Crippen molar-refractivity contribution in [2.45, 2.75) is 134 Å². The van der Waals surface area contributed by atoms with Crippen LogP contribution in [-0.2, 0) is 38.2 Å². The van der Waals surface area contributed by atoms with E-state index in [2.05, 4.69) is 79.8 Å². The average Bonchev–Trinajstić information content (AvgIpc) is 3.51. The number of carboxylic acids is 1. The van der Waals surface area contributed by atoms with Crippen molar-refractivity contribution >= 4 is 39.1 Å². The molecule has 2 bridgehead atoms. The first kappa shape index (κ1) is 43.4. The molecule has 7 rings (SSSR count). The zero-order chi connectivity index (χ0) is 41.0. The Kier molecular flexibility index (Phi) is 13.7. The molecule has 0 radical (unpaired) electrons. The van der Waals surface area contributed by atoms with E-state index >= 15 is 0 Å². The number of thioether (sulfide) groups is 1. The molecule has 1 aliphatic heterocycles. The SMILES string of the molecule is CC1(C)[C@@H]2C[C@H]3OB([C@H](CC[C@@H](CC(=O)O)O[Si](C)(C)C(C)(C)C)SCCNC(=O)c4ccc(CN(Cc5ccccn5)Cc5ccccn5)nc4)O[C@@]3(C)[C@H]1C2. The summed E-state index contributed by atoms with van der Waals surface area (Å²) in [6, 6.07) is 15.5. The number of pyridine rings is 3. The Morgan fingerprint density at radius 2 is 1.63 bits per heavy atom. The third kappa shape index (κ3) is 10.5. The molecule has 1 amide bonds. The Morgan fingerprint density at radius 1 is 0.982 bits per heavy atom. The average molecular weight is 816 g/mol. The van der Waals surface area contributed by atoms with Crippen molar-refractivity contribution in [1.82, 2.24) is 25.2 Å². The zero-order valence-corrected chi connectivity index (χ0v) is 36.9. The lowest BCUT2D eigenvalue weighted by Crippen LogP contribution is -2.65. The number of rotatable bonds is 19. The Labute approximate surface area is 345 Å².